The predicted molar refractivity (Wildman–Crippen MR) is 211 cm³/mol. The number of nitrogens with zero attached hydrogens (tertiary/aromatic N) is 1. The van der Waals surface area contributed by atoms with Crippen LogP contribution in [0.15, 0.2) is 71.0 Å². The van der Waals surface area contributed by atoms with E-state index in [1.54, 1.807) is 0 Å². The van der Waals surface area contributed by atoms with Gasteiger partial charge in [0.15, 0.2) is 5.78 Å². The van der Waals surface area contributed by atoms with E-state index in [0.29, 0.717) is 5.92 Å². The summed E-state index contributed by atoms with van der Waals surface area (Å²) in [5.74, 6) is 1.07. The maximum absolute atomic E-state index is 11.7. The molecule has 0 spiro atoms. The molecular weight excluding hydrogens is 807 g/mol. The summed E-state index contributed by atoms with van der Waals surface area (Å²) in [4.78, 5) is 16.7. The average Bonchev–Trinajstić information content (AvgIpc) is 3.57. The Kier molecular flexibility index (Phi) is 13.3. The molecule has 0 bridgehead atoms. The first-order chi connectivity index (χ1) is 23.8. The van der Waals surface area contributed by atoms with E-state index in [1.165, 1.54) is 39.1 Å². The molecule has 1 N–H and O–H groups in total. The van der Waals surface area contributed by atoms with Gasteiger partial charge in [-0.2, -0.15) is 0 Å². The molecule has 3 aromatic carbocycles. The number of aromatic nitrogens is 1. The number of furan rings is 1. The van der Waals surface area contributed by atoms with Crippen LogP contribution in [0.1, 0.15) is 122 Å². The Morgan fingerprint density at radius 3 is 2.24 bits per heavy atom. The van der Waals surface area contributed by atoms with Crippen molar-refractivity contribution in [1.82, 2.24) is 4.98 Å². The first kappa shape index (κ1) is 40.2. The Labute approximate surface area is 319 Å². The van der Waals surface area contributed by atoms with Gasteiger partial charge in [-0.3, -0.25) is 9.78 Å². The van der Waals surface area contributed by atoms with E-state index in [0.717, 1.165) is 77.3 Å². The van der Waals surface area contributed by atoms with Crippen LogP contribution < -0.4 is 0 Å². The number of aryl methyl sites for hydroxylation is 1. The number of allylic oxidation sites excluding steroid dienone is 3. The zero-order valence-electron chi connectivity index (χ0n) is 32.3. The Morgan fingerprint density at radius 2 is 1.61 bits per heavy atom. The third-order valence-corrected chi connectivity index (χ3v) is 10.0. The van der Waals surface area contributed by atoms with Gasteiger partial charge in [0, 0.05) is 60.7 Å². The van der Waals surface area contributed by atoms with Crippen molar-refractivity contribution in [3.8, 4) is 0 Å². The van der Waals surface area contributed by atoms with Crippen LogP contribution in [0.5, 0.6) is 0 Å². The fraction of sp³-hybridized carbons (Fsp3) is 0.435. The number of carbonyl (C=O) groups is 1. The molecule has 51 heavy (non-hydrogen) atoms. The third-order valence-electron chi connectivity index (χ3n) is 10.0. The summed E-state index contributed by atoms with van der Waals surface area (Å²) in [7, 11) is 0. The maximum atomic E-state index is 11.7. The molecule has 0 fully saturated rings. The van der Waals surface area contributed by atoms with E-state index in [9.17, 15) is 9.90 Å². The van der Waals surface area contributed by atoms with E-state index in [4.69, 9.17) is 9.40 Å². The quantitative estimate of drug-likeness (QED) is 0.0816. The fourth-order valence-corrected chi connectivity index (χ4v) is 7.54. The van der Waals surface area contributed by atoms with Crippen LogP contribution in [0.2, 0.25) is 0 Å². The first-order valence-electron chi connectivity index (χ1n) is 18.7. The summed E-state index contributed by atoms with van der Waals surface area (Å²) in [6.07, 6.45) is 8.90. The molecule has 1 aliphatic carbocycles. The summed E-state index contributed by atoms with van der Waals surface area (Å²) in [5.41, 5.74) is 10.6. The number of hydrogen-bond acceptors (Lipinski definition) is 4. The molecule has 6 rings (SSSR count). The number of pyridine rings is 1. The molecule has 2 heterocycles. The molecule has 2 aromatic heterocycles. The predicted octanol–water partition coefficient (Wildman–Crippen LogP) is 13.0. The van der Waals surface area contributed by atoms with Gasteiger partial charge < -0.3 is 9.52 Å². The van der Waals surface area contributed by atoms with Gasteiger partial charge in [-0.1, -0.05) is 122 Å². The number of aliphatic hydroxyl groups excluding tert-OH is 1. The second kappa shape index (κ2) is 16.9. The fourth-order valence-electron chi connectivity index (χ4n) is 7.54. The van der Waals surface area contributed by atoms with Gasteiger partial charge in [0.25, 0.3) is 0 Å². The monoisotopic (exact) mass is 863 g/mol. The van der Waals surface area contributed by atoms with Crippen LogP contribution in [0.25, 0.3) is 43.9 Å². The smallest absolute Gasteiger partial charge is 0.162 e. The SMILES string of the molecule is CCC(CC)C(=O)/C=C(\O)C(CC)CC.Cc1[c-]c(C2=C(CC(C)C)c3cc(CC(C)(C)C)cc4ccnc2c34)c2oc3ccccc3c2c1.[Ir]. The molecular formula is C46H56IrNO3-. The second-order valence-corrected chi connectivity index (χ2v) is 15.8. The largest absolute Gasteiger partial charge is 0.512 e. The van der Waals surface area contributed by atoms with E-state index in [2.05, 4.69) is 90.1 Å². The number of fused-ring (bicyclic) bond motifs is 3. The summed E-state index contributed by atoms with van der Waals surface area (Å²) >= 11 is 0. The molecule has 1 aliphatic rings. The molecule has 4 nitrogen and oxygen atoms in total. The second-order valence-electron chi connectivity index (χ2n) is 15.8. The Balaban J connectivity index is 0.000000312. The third kappa shape index (κ3) is 8.75. The number of rotatable bonds is 11. The molecule has 5 aromatic rings. The van der Waals surface area contributed by atoms with Crippen LogP contribution in [-0.2, 0) is 31.3 Å². The average molecular weight is 863 g/mol. The van der Waals surface area contributed by atoms with Crippen molar-refractivity contribution in [3.63, 3.8) is 0 Å². The number of benzene rings is 3. The van der Waals surface area contributed by atoms with Crippen LogP contribution in [0.4, 0.5) is 0 Å². The van der Waals surface area contributed by atoms with Crippen molar-refractivity contribution < 1.29 is 34.4 Å². The molecule has 0 saturated heterocycles. The van der Waals surface area contributed by atoms with Gasteiger partial charge in [-0.05, 0) is 78.5 Å². The van der Waals surface area contributed by atoms with Gasteiger partial charge >= 0.3 is 0 Å². The zero-order chi connectivity index (χ0) is 36.3. The van der Waals surface area contributed by atoms with Gasteiger partial charge in [0.1, 0.15) is 5.58 Å². The Hall–Kier alpha value is -3.53. The Morgan fingerprint density at radius 1 is 0.941 bits per heavy atom. The number of ketones is 1. The van der Waals surface area contributed by atoms with Crippen molar-refractivity contribution in [2.75, 3.05) is 0 Å². The number of hydrogen-bond donors (Lipinski definition) is 1. The summed E-state index contributed by atoms with van der Waals surface area (Å²) in [6, 6.07) is 21.2. The molecule has 0 amide bonds. The molecule has 273 valence electrons. The number of para-hydroxylation sites is 1. The molecule has 0 atom stereocenters. The minimum absolute atomic E-state index is 0. The van der Waals surface area contributed by atoms with Crippen LogP contribution >= 0.6 is 0 Å². The molecule has 0 saturated carbocycles. The van der Waals surface area contributed by atoms with E-state index >= 15 is 0 Å². The Bertz CT molecular complexity index is 2070. The van der Waals surface area contributed by atoms with Crippen molar-refractivity contribution in [1.29, 1.82) is 0 Å². The summed E-state index contributed by atoms with van der Waals surface area (Å²) in [6.45, 7) is 21.7. The first-order valence-corrected chi connectivity index (χ1v) is 18.7. The minimum atomic E-state index is 0. The van der Waals surface area contributed by atoms with Crippen molar-refractivity contribution in [3.05, 3.63) is 101 Å². The topological polar surface area (TPSA) is 63.3 Å². The van der Waals surface area contributed by atoms with Gasteiger partial charge in [-0.25, -0.2) is 0 Å². The van der Waals surface area contributed by atoms with E-state index in [-0.39, 0.29) is 48.9 Å². The number of aliphatic hydroxyl groups is 1. The number of carbonyl (C=O) groups excluding carboxylic acids is 1. The molecule has 0 unspecified atom stereocenters. The molecule has 5 heteroatoms. The minimum Gasteiger partial charge on any atom is -0.512 e. The van der Waals surface area contributed by atoms with Gasteiger partial charge in [-0.15, -0.1) is 17.7 Å². The van der Waals surface area contributed by atoms with Gasteiger partial charge in [0.05, 0.1) is 11.3 Å². The maximum Gasteiger partial charge on any atom is 0.162 e. The summed E-state index contributed by atoms with van der Waals surface area (Å²) < 4.78 is 6.50. The van der Waals surface area contributed by atoms with Gasteiger partial charge in [0.2, 0.25) is 0 Å². The summed E-state index contributed by atoms with van der Waals surface area (Å²) in [5, 5.41) is 14.6. The molecule has 0 aliphatic heterocycles. The van der Waals surface area contributed by atoms with E-state index < -0.39 is 0 Å². The van der Waals surface area contributed by atoms with E-state index in [1.807, 2.05) is 40.0 Å². The normalized spacial score (nSPS) is 13.2. The van der Waals surface area contributed by atoms with Crippen molar-refractivity contribution in [2.24, 2.45) is 23.2 Å². The van der Waals surface area contributed by atoms with Crippen molar-refractivity contribution in [2.45, 2.75) is 108 Å². The van der Waals surface area contributed by atoms with Crippen LogP contribution in [-0.4, -0.2) is 15.9 Å². The van der Waals surface area contributed by atoms with Crippen molar-refractivity contribution >= 4 is 49.6 Å². The standard InChI is InChI=1S/C33H32NO.C13H24O2.Ir/c1-19(2)13-24-25-17-21(18-33(4,5)6)16-22-11-12-34-31(29(22)25)30(24)27-15-20(3)14-26-23-9-7-8-10-28(23)35-32(26)27;1-5-10(6-2)12(14)9-13(15)11(7-3)8-4;/h7-12,14,16-17,19H,13,18H2,1-6H3;9-11,14H,5-8H2,1-4H3;/q-1;;/b;12-9-;. The van der Waals surface area contributed by atoms with Crippen LogP contribution in [0.3, 0.4) is 0 Å². The molecule has 1 radical (unpaired) electrons. The zero-order valence-corrected chi connectivity index (χ0v) is 34.7. The van der Waals surface area contributed by atoms with Crippen LogP contribution in [0, 0.1) is 36.2 Å².